The number of hydrogen-bond acceptors (Lipinski definition) is 3. The first-order valence-corrected chi connectivity index (χ1v) is 4.61. The molecule has 1 heterocycles. The van der Waals surface area contributed by atoms with Crippen molar-refractivity contribution in [1.82, 2.24) is 4.90 Å². The normalized spacial score (nSPS) is 21.5. The molecule has 0 saturated heterocycles. The molecule has 0 aromatic rings. The third kappa shape index (κ3) is 1.64. The van der Waals surface area contributed by atoms with Crippen LogP contribution in [0.3, 0.4) is 0 Å². The van der Waals surface area contributed by atoms with Gasteiger partial charge in [0.25, 0.3) is 5.91 Å². The largest absolute Gasteiger partial charge is 0.499 e. The Bertz CT molecular complexity index is 294. The molecule has 0 aromatic heterocycles. The fourth-order valence-corrected chi connectivity index (χ4v) is 1.44. The average molecular weight is 197 g/mol. The minimum Gasteiger partial charge on any atom is -0.499 e. The summed E-state index contributed by atoms with van der Waals surface area (Å²) >= 11 is 0. The maximum absolute atomic E-state index is 11.6. The smallest absolute Gasteiger partial charge is 0.257 e. The van der Waals surface area contributed by atoms with Crippen molar-refractivity contribution in [2.24, 2.45) is 5.92 Å². The van der Waals surface area contributed by atoms with Gasteiger partial charge < -0.3 is 4.74 Å². The Morgan fingerprint density at radius 3 is 2.50 bits per heavy atom. The van der Waals surface area contributed by atoms with Crippen LogP contribution in [0, 0.1) is 5.92 Å². The lowest BCUT2D eigenvalue weighted by Crippen LogP contribution is -2.41. The summed E-state index contributed by atoms with van der Waals surface area (Å²) in [5.74, 6) is -0.0751. The molecule has 0 bridgehead atoms. The summed E-state index contributed by atoms with van der Waals surface area (Å²) in [6.45, 7) is 5.32. The number of methoxy groups -OCH3 is 1. The molecule has 0 aromatic carbocycles. The van der Waals surface area contributed by atoms with Crippen LogP contribution in [0.25, 0.3) is 0 Å². The van der Waals surface area contributed by atoms with Crippen molar-refractivity contribution < 1.29 is 14.3 Å². The third-order valence-electron chi connectivity index (χ3n) is 2.27. The molecule has 78 valence electrons. The number of rotatable bonds is 2. The standard InChI is InChI=1S/C10H15NO3/c1-6(2)10(13)11-7(3)8(14-4)5-9(11)12/h5-7H,1-4H3/t7-/m0/s1. The van der Waals surface area contributed by atoms with E-state index in [1.54, 1.807) is 20.8 Å². The highest BCUT2D eigenvalue weighted by atomic mass is 16.5. The molecule has 4 heteroatoms. The summed E-state index contributed by atoms with van der Waals surface area (Å²) in [7, 11) is 1.50. The van der Waals surface area contributed by atoms with Crippen LogP contribution in [-0.4, -0.2) is 29.9 Å². The van der Waals surface area contributed by atoms with Crippen molar-refractivity contribution in [2.75, 3.05) is 7.11 Å². The first kappa shape index (κ1) is 10.8. The van der Waals surface area contributed by atoms with Crippen molar-refractivity contribution in [3.05, 3.63) is 11.8 Å². The zero-order valence-corrected chi connectivity index (χ0v) is 8.90. The van der Waals surface area contributed by atoms with Crippen LogP contribution in [0.15, 0.2) is 11.8 Å². The summed E-state index contributed by atoms with van der Waals surface area (Å²) in [6.07, 6.45) is 1.37. The van der Waals surface area contributed by atoms with Crippen molar-refractivity contribution >= 4 is 11.8 Å². The van der Waals surface area contributed by atoms with Gasteiger partial charge in [0.05, 0.1) is 13.2 Å². The predicted molar refractivity (Wildman–Crippen MR) is 51.2 cm³/mol. The van der Waals surface area contributed by atoms with Gasteiger partial charge in [-0.2, -0.15) is 0 Å². The van der Waals surface area contributed by atoms with Gasteiger partial charge in [-0.1, -0.05) is 13.8 Å². The topological polar surface area (TPSA) is 46.6 Å². The Hall–Kier alpha value is -1.32. The Labute approximate surface area is 83.5 Å². The van der Waals surface area contributed by atoms with Gasteiger partial charge in [-0.3, -0.25) is 14.5 Å². The van der Waals surface area contributed by atoms with E-state index in [2.05, 4.69) is 0 Å². The summed E-state index contributed by atoms with van der Waals surface area (Å²) in [4.78, 5) is 24.3. The van der Waals surface area contributed by atoms with Crippen LogP contribution in [0.5, 0.6) is 0 Å². The van der Waals surface area contributed by atoms with Gasteiger partial charge in [0.15, 0.2) is 0 Å². The van der Waals surface area contributed by atoms with Gasteiger partial charge >= 0.3 is 0 Å². The van der Waals surface area contributed by atoms with E-state index in [0.29, 0.717) is 5.76 Å². The molecule has 1 atom stereocenters. The molecule has 1 rings (SSSR count). The summed E-state index contributed by atoms with van der Waals surface area (Å²) < 4.78 is 5.00. The lowest BCUT2D eigenvalue weighted by atomic mass is 10.1. The average Bonchev–Trinajstić information content (AvgIpc) is 2.40. The molecule has 4 nitrogen and oxygen atoms in total. The number of imide groups is 1. The molecule has 0 radical (unpaired) electrons. The maximum atomic E-state index is 11.6. The van der Waals surface area contributed by atoms with Crippen LogP contribution in [0.2, 0.25) is 0 Å². The van der Waals surface area contributed by atoms with Crippen LogP contribution in [0.1, 0.15) is 20.8 Å². The van der Waals surface area contributed by atoms with Gasteiger partial charge in [-0.25, -0.2) is 0 Å². The minimum atomic E-state index is -0.284. The van der Waals surface area contributed by atoms with E-state index in [1.807, 2.05) is 0 Å². The molecule has 0 aliphatic carbocycles. The SMILES string of the molecule is COC1=CC(=O)N(C(=O)C(C)C)[C@H]1C. The summed E-state index contributed by atoms with van der Waals surface area (Å²) in [5, 5.41) is 0. The zero-order valence-electron chi connectivity index (χ0n) is 8.90. The van der Waals surface area contributed by atoms with Crippen molar-refractivity contribution in [1.29, 1.82) is 0 Å². The van der Waals surface area contributed by atoms with E-state index in [4.69, 9.17) is 4.74 Å². The second-order valence-electron chi connectivity index (χ2n) is 3.63. The van der Waals surface area contributed by atoms with Crippen molar-refractivity contribution in [3.8, 4) is 0 Å². The highest BCUT2D eigenvalue weighted by Crippen LogP contribution is 2.21. The van der Waals surface area contributed by atoms with Crippen molar-refractivity contribution in [2.45, 2.75) is 26.8 Å². The summed E-state index contributed by atoms with van der Waals surface area (Å²) in [5.41, 5.74) is 0. The highest BCUT2D eigenvalue weighted by molar-refractivity contribution is 6.04. The van der Waals surface area contributed by atoms with Crippen LogP contribution in [-0.2, 0) is 14.3 Å². The molecule has 1 aliphatic heterocycles. The molecule has 0 saturated carbocycles. The van der Waals surface area contributed by atoms with E-state index in [-0.39, 0.29) is 23.8 Å². The Morgan fingerprint density at radius 2 is 2.14 bits per heavy atom. The van der Waals surface area contributed by atoms with Gasteiger partial charge in [0.1, 0.15) is 5.76 Å². The number of ether oxygens (including phenoxy) is 1. The summed E-state index contributed by atoms with van der Waals surface area (Å²) in [6, 6.07) is -0.276. The highest BCUT2D eigenvalue weighted by Gasteiger charge is 2.35. The monoisotopic (exact) mass is 197 g/mol. The first-order valence-electron chi connectivity index (χ1n) is 4.61. The quantitative estimate of drug-likeness (QED) is 0.661. The second-order valence-corrected chi connectivity index (χ2v) is 3.63. The minimum absolute atomic E-state index is 0.161. The van der Waals surface area contributed by atoms with Crippen LogP contribution >= 0.6 is 0 Å². The van der Waals surface area contributed by atoms with E-state index < -0.39 is 0 Å². The molecular formula is C10H15NO3. The molecule has 14 heavy (non-hydrogen) atoms. The molecule has 1 aliphatic rings. The van der Waals surface area contributed by atoms with E-state index in [9.17, 15) is 9.59 Å². The molecule has 0 spiro atoms. The second kappa shape index (κ2) is 3.82. The number of carbonyl (C=O) groups excluding carboxylic acids is 2. The third-order valence-corrected chi connectivity index (χ3v) is 2.27. The Kier molecular flexibility index (Phi) is 2.93. The van der Waals surface area contributed by atoms with Crippen LogP contribution < -0.4 is 0 Å². The van der Waals surface area contributed by atoms with Crippen LogP contribution in [0.4, 0.5) is 0 Å². The van der Waals surface area contributed by atoms with Gasteiger partial charge in [0, 0.05) is 12.0 Å². The fraction of sp³-hybridized carbons (Fsp3) is 0.600. The lowest BCUT2D eigenvalue weighted by Gasteiger charge is -2.22. The fourth-order valence-electron chi connectivity index (χ4n) is 1.44. The van der Waals surface area contributed by atoms with E-state index >= 15 is 0 Å². The molecular weight excluding hydrogens is 182 g/mol. The predicted octanol–water partition coefficient (Wildman–Crippen LogP) is 0.930. The molecule has 2 amide bonds. The molecule has 0 unspecified atom stereocenters. The number of nitrogens with zero attached hydrogens (tertiary/aromatic N) is 1. The number of hydrogen-bond donors (Lipinski definition) is 0. The van der Waals surface area contributed by atoms with Gasteiger partial charge in [0.2, 0.25) is 5.91 Å². The first-order chi connectivity index (χ1) is 6.49. The van der Waals surface area contributed by atoms with E-state index in [1.165, 1.54) is 18.1 Å². The zero-order chi connectivity index (χ0) is 10.9. The van der Waals surface area contributed by atoms with Gasteiger partial charge in [-0.15, -0.1) is 0 Å². The van der Waals surface area contributed by atoms with Gasteiger partial charge in [-0.05, 0) is 6.92 Å². The lowest BCUT2D eigenvalue weighted by molar-refractivity contribution is -0.144. The Balaban J connectivity index is 2.86. The molecule has 0 fully saturated rings. The van der Waals surface area contributed by atoms with Crippen molar-refractivity contribution in [3.63, 3.8) is 0 Å². The van der Waals surface area contributed by atoms with E-state index in [0.717, 1.165) is 0 Å². The number of carbonyl (C=O) groups is 2. The maximum Gasteiger partial charge on any atom is 0.257 e. The number of amides is 2. The Morgan fingerprint density at radius 1 is 1.57 bits per heavy atom. The molecule has 0 N–H and O–H groups in total.